The number of aryl methyl sites for hydroxylation is 1. The van der Waals surface area contributed by atoms with Crippen LogP contribution in [0, 0.1) is 17.7 Å². The molecule has 3 nitrogen and oxygen atoms in total. The molecule has 29 heavy (non-hydrogen) atoms. The molecule has 1 aromatic heterocycles. The van der Waals surface area contributed by atoms with Crippen molar-refractivity contribution in [2.45, 2.75) is 71.1 Å². The van der Waals surface area contributed by atoms with E-state index >= 15 is 0 Å². The summed E-state index contributed by atoms with van der Waals surface area (Å²) >= 11 is 0. The molecule has 0 amide bonds. The number of benzene rings is 1. The zero-order valence-electron chi connectivity index (χ0n) is 17.6. The van der Waals surface area contributed by atoms with Gasteiger partial charge in [0.1, 0.15) is 11.1 Å². The van der Waals surface area contributed by atoms with E-state index in [4.69, 9.17) is 9.15 Å². The van der Waals surface area contributed by atoms with Gasteiger partial charge in [-0.05, 0) is 55.0 Å². The first-order valence-electron chi connectivity index (χ1n) is 11.1. The first-order valence-corrected chi connectivity index (χ1v) is 11.1. The zero-order valence-corrected chi connectivity index (χ0v) is 17.6. The van der Waals surface area contributed by atoms with Gasteiger partial charge in [-0.1, -0.05) is 51.2 Å². The van der Waals surface area contributed by atoms with Crippen LogP contribution >= 0.6 is 0 Å². The summed E-state index contributed by atoms with van der Waals surface area (Å²) in [7, 11) is 0. The van der Waals surface area contributed by atoms with E-state index in [9.17, 15) is 9.18 Å². The van der Waals surface area contributed by atoms with Crippen LogP contribution in [0.5, 0.6) is 5.75 Å². The van der Waals surface area contributed by atoms with Crippen LogP contribution in [0.4, 0.5) is 4.39 Å². The van der Waals surface area contributed by atoms with Gasteiger partial charge < -0.3 is 9.15 Å². The molecule has 1 heterocycles. The Labute approximate surface area is 173 Å². The predicted octanol–water partition coefficient (Wildman–Crippen LogP) is 6.82. The Kier molecular flexibility index (Phi) is 7.91. The van der Waals surface area contributed by atoms with Crippen LogP contribution in [-0.4, -0.2) is 6.61 Å². The van der Waals surface area contributed by atoms with Crippen molar-refractivity contribution in [3.63, 3.8) is 0 Å². The van der Waals surface area contributed by atoms with Crippen LogP contribution < -0.4 is 10.4 Å². The van der Waals surface area contributed by atoms with Gasteiger partial charge in [-0.15, -0.1) is 6.58 Å². The van der Waals surface area contributed by atoms with E-state index in [0.717, 1.165) is 38.0 Å². The van der Waals surface area contributed by atoms with Crippen LogP contribution in [0.25, 0.3) is 10.8 Å². The lowest BCUT2D eigenvalue weighted by molar-refractivity contribution is 0.250. The van der Waals surface area contributed by atoms with Crippen molar-refractivity contribution in [3.05, 3.63) is 52.9 Å². The third kappa shape index (κ3) is 5.71. The molecule has 4 heteroatoms. The molecule has 1 saturated carbocycles. The van der Waals surface area contributed by atoms with Crippen molar-refractivity contribution >= 4 is 10.8 Å². The van der Waals surface area contributed by atoms with Gasteiger partial charge in [0.05, 0.1) is 6.61 Å². The first-order chi connectivity index (χ1) is 14.1. The highest BCUT2D eigenvalue weighted by Gasteiger charge is 2.21. The lowest BCUT2D eigenvalue weighted by Crippen LogP contribution is -2.15. The molecular formula is C25H33FO3. The molecule has 1 aliphatic rings. The highest BCUT2D eigenvalue weighted by Crippen LogP contribution is 2.34. The summed E-state index contributed by atoms with van der Waals surface area (Å²) in [4.78, 5) is 12.4. The summed E-state index contributed by atoms with van der Waals surface area (Å²) < 4.78 is 25.6. The molecule has 1 fully saturated rings. The van der Waals surface area contributed by atoms with Gasteiger partial charge in [-0.2, -0.15) is 0 Å². The van der Waals surface area contributed by atoms with Crippen LogP contribution in [0.15, 0.2) is 40.1 Å². The Morgan fingerprint density at radius 1 is 1.21 bits per heavy atom. The number of halogens is 1. The van der Waals surface area contributed by atoms with E-state index in [-0.39, 0.29) is 11.1 Å². The molecule has 0 bridgehead atoms. The number of unbranched alkanes of at least 4 members (excludes halogenated alkanes) is 1. The normalized spacial score (nSPS) is 19.4. The number of fused-ring (bicyclic) bond motifs is 1. The fourth-order valence-corrected chi connectivity index (χ4v) is 4.34. The maximum absolute atomic E-state index is 14.7. The van der Waals surface area contributed by atoms with Crippen molar-refractivity contribution in [1.82, 2.24) is 0 Å². The molecule has 0 spiro atoms. The molecule has 0 radical (unpaired) electrons. The van der Waals surface area contributed by atoms with E-state index in [2.05, 4.69) is 6.58 Å². The second kappa shape index (κ2) is 10.6. The van der Waals surface area contributed by atoms with E-state index in [1.165, 1.54) is 32.1 Å². The molecule has 2 aromatic rings. The quantitative estimate of drug-likeness (QED) is 0.325. The van der Waals surface area contributed by atoms with Crippen LogP contribution in [-0.2, 0) is 6.42 Å². The van der Waals surface area contributed by atoms with Gasteiger partial charge in [0.25, 0.3) is 0 Å². The number of hydrogen-bond donors (Lipinski definition) is 0. The average molecular weight is 401 g/mol. The topological polar surface area (TPSA) is 39.4 Å². The minimum atomic E-state index is -0.614. The maximum atomic E-state index is 14.7. The van der Waals surface area contributed by atoms with Crippen molar-refractivity contribution in [3.8, 4) is 5.75 Å². The summed E-state index contributed by atoms with van der Waals surface area (Å²) in [6, 6.07) is 5.18. The Morgan fingerprint density at radius 3 is 2.62 bits per heavy atom. The smallest absolute Gasteiger partial charge is 0.346 e. The minimum absolute atomic E-state index is 0.00882. The summed E-state index contributed by atoms with van der Waals surface area (Å²) in [5, 5.41) is 0.579. The van der Waals surface area contributed by atoms with E-state index in [1.54, 1.807) is 12.1 Å². The maximum Gasteiger partial charge on any atom is 0.346 e. The molecule has 158 valence electrons. The van der Waals surface area contributed by atoms with Crippen LogP contribution in [0.1, 0.15) is 70.5 Å². The first kappa shape index (κ1) is 21.6. The van der Waals surface area contributed by atoms with Crippen molar-refractivity contribution in [1.29, 1.82) is 0 Å². The number of allylic oxidation sites excluding steroid dienone is 1. The minimum Gasteiger partial charge on any atom is -0.490 e. The second-order valence-corrected chi connectivity index (χ2v) is 8.34. The highest BCUT2D eigenvalue weighted by atomic mass is 19.1. The largest absolute Gasteiger partial charge is 0.490 e. The summed E-state index contributed by atoms with van der Waals surface area (Å²) in [5.74, 6) is 1.67. The Hall–Kier alpha value is -2.10. The van der Waals surface area contributed by atoms with Gasteiger partial charge >= 0.3 is 5.63 Å². The van der Waals surface area contributed by atoms with Gasteiger partial charge in [0.2, 0.25) is 0 Å². The standard InChI is InChI=1S/C25H33FO3/c1-3-5-7-18-8-10-19(11-9-18)12-14-21-17-20-13-15-22(28-16-6-4-2)24(26)23(20)25(27)29-21/h3,13,15,17-19H,1,4-12,14,16H2,2H3. The van der Waals surface area contributed by atoms with Gasteiger partial charge in [-0.25, -0.2) is 9.18 Å². The third-order valence-electron chi connectivity index (χ3n) is 6.18. The lowest BCUT2D eigenvalue weighted by Gasteiger charge is -2.28. The Morgan fingerprint density at radius 2 is 1.93 bits per heavy atom. The third-order valence-corrected chi connectivity index (χ3v) is 6.18. The van der Waals surface area contributed by atoms with Crippen molar-refractivity contribution in [2.24, 2.45) is 11.8 Å². The number of ether oxygens (including phenoxy) is 1. The van der Waals surface area contributed by atoms with Crippen LogP contribution in [0.2, 0.25) is 0 Å². The van der Waals surface area contributed by atoms with Crippen LogP contribution in [0.3, 0.4) is 0 Å². The Bertz CT molecular complexity index is 862. The van der Waals surface area contributed by atoms with E-state index in [1.807, 2.05) is 19.1 Å². The molecule has 0 saturated heterocycles. The molecule has 0 N–H and O–H groups in total. The fourth-order valence-electron chi connectivity index (χ4n) is 4.34. The molecule has 1 aromatic carbocycles. The van der Waals surface area contributed by atoms with E-state index < -0.39 is 11.4 Å². The number of hydrogen-bond acceptors (Lipinski definition) is 3. The molecule has 0 aliphatic heterocycles. The van der Waals surface area contributed by atoms with Gasteiger partial charge in [0, 0.05) is 6.42 Å². The van der Waals surface area contributed by atoms with Gasteiger partial charge in [-0.3, -0.25) is 0 Å². The van der Waals surface area contributed by atoms with Gasteiger partial charge in [0.15, 0.2) is 11.6 Å². The molecule has 3 rings (SSSR count). The SMILES string of the molecule is C=CCCC1CCC(CCc2cc3ccc(OCCCC)c(F)c3c(=O)o2)CC1. The van der Waals surface area contributed by atoms with Crippen molar-refractivity contribution in [2.75, 3.05) is 6.61 Å². The van der Waals surface area contributed by atoms with Crippen molar-refractivity contribution < 1.29 is 13.5 Å². The summed E-state index contributed by atoms with van der Waals surface area (Å²) in [6.45, 7) is 6.30. The van der Waals surface area contributed by atoms with E-state index in [0.29, 0.717) is 23.7 Å². The molecular weight excluding hydrogens is 367 g/mol. The molecule has 0 unspecified atom stereocenters. The Balaban J connectivity index is 1.62. The summed E-state index contributed by atoms with van der Waals surface area (Å²) in [6.07, 6.45) is 13.0. The second-order valence-electron chi connectivity index (χ2n) is 8.34. The zero-order chi connectivity index (χ0) is 20.6. The highest BCUT2D eigenvalue weighted by molar-refractivity contribution is 5.83. The lowest BCUT2D eigenvalue weighted by atomic mass is 9.78. The number of rotatable bonds is 10. The molecule has 1 aliphatic carbocycles. The predicted molar refractivity (Wildman–Crippen MR) is 116 cm³/mol. The summed E-state index contributed by atoms with van der Waals surface area (Å²) in [5.41, 5.74) is -0.607. The molecule has 0 atom stereocenters. The fraction of sp³-hybridized carbons (Fsp3) is 0.560. The monoisotopic (exact) mass is 400 g/mol. The average Bonchev–Trinajstić information content (AvgIpc) is 2.73.